The highest BCUT2D eigenvalue weighted by Crippen LogP contribution is 2.41. The minimum Gasteiger partial charge on any atom is -0.376 e. The molecule has 0 spiro atoms. The van der Waals surface area contributed by atoms with E-state index in [0.29, 0.717) is 0 Å². The third-order valence-corrected chi connectivity index (χ3v) is 6.22. The van der Waals surface area contributed by atoms with Crippen molar-refractivity contribution in [1.29, 1.82) is 0 Å². The Hall–Kier alpha value is -1.92. The maximum atomic E-state index is 5.92. The van der Waals surface area contributed by atoms with Crippen LogP contribution in [0.4, 0.5) is 0 Å². The number of thiocarbonyl (C=S) groups is 1. The molecule has 2 aromatic rings. The van der Waals surface area contributed by atoms with E-state index in [1.165, 1.54) is 17.0 Å². The third kappa shape index (κ3) is 3.36. The largest absolute Gasteiger partial charge is 0.376 e. The van der Waals surface area contributed by atoms with Crippen LogP contribution in [0, 0.1) is 13.8 Å². The molecule has 2 aliphatic rings. The first-order chi connectivity index (χ1) is 13.1. The summed E-state index contributed by atoms with van der Waals surface area (Å²) in [5, 5.41) is 4.35. The summed E-state index contributed by atoms with van der Waals surface area (Å²) in [7, 11) is 0. The Kier molecular flexibility index (Phi) is 5.19. The van der Waals surface area contributed by atoms with Gasteiger partial charge in [0, 0.05) is 37.3 Å². The van der Waals surface area contributed by atoms with Gasteiger partial charge in [0.15, 0.2) is 5.11 Å². The summed E-state index contributed by atoms with van der Waals surface area (Å²) >= 11 is 5.77. The van der Waals surface area contributed by atoms with E-state index in [0.717, 1.165) is 43.3 Å². The molecule has 2 fully saturated rings. The van der Waals surface area contributed by atoms with Gasteiger partial charge in [-0.1, -0.05) is 6.07 Å². The minimum absolute atomic E-state index is 0.0471. The van der Waals surface area contributed by atoms with Crippen molar-refractivity contribution in [3.63, 3.8) is 0 Å². The van der Waals surface area contributed by atoms with E-state index in [4.69, 9.17) is 17.0 Å². The van der Waals surface area contributed by atoms with Gasteiger partial charge in [0.1, 0.15) is 0 Å². The zero-order chi connectivity index (χ0) is 19.0. The average molecular weight is 385 g/mol. The summed E-state index contributed by atoms with van der Waals surface area (Å²) in [5.74, 6) is 0. The molecular formula is C21H28N4OS. The molecule has 2 saturated heterocycles. The number of nitrogens with one attached hydrogen (secondary N) is 1. The summed E-state index contributed by atoms with van der Waals surface area (Å²) in [6, 6.07) is 8.58. The Balaban J connectivity index is 1.75. The first-order valence-corrected chi connectivity index (χ1v) is 10.3. The van der Waals surface area contributed by atoms with Gasteiger partial charge in [-0.15, -0.1) is 0 Å². The van der Waals surface area contributed by atoms with Gasteiger partial charge in [-0.25, -0.2) is 0 Å². The van der Waals surface area contributed by atoms with Gasteiger partial charge in [-0.05, 0) is 69.6 Å². The fourth-order valence-corrected chi connectivity index (χ4v) is 4.88. The van der Waals surface area contributed by atoms with Gasteiger partial charge in [0.25, 0.3) is 0 Å². The number of nitrogens with zero attached hydrogens (tertiary/aromatic N) is 3. The molecular weight excluding hydrogens is 356 g/mol. The monoisotopic (exact) mass is 384 g/mol. The molecule has 144 valence electrons. The van der Waals surface area contributed by atoms with Gasteiger partial charge in [-0.2, -0.15) is 0 Å². The maximum absolute atomic E-state index is 5.92. The lowest BCUT2D eigenvalue weighted by molar-refractivity contribution is 0.0841. The molecule has 0 radical (unpaired) electrons. The zero-order valence-electron chi connectivity index (χ0n) is 16.3. The molecule has 27 heavy (non-hydrogen) atoms. The lowest BCUT2D eigenvalue weighted by atomic mass is 9.96. The zero-order valence-corrected chi connectivity index (χ0v) is 17.1. The molecule has 0 amide bonds. The predicted molar refractivity (Wildman–Crippen MR) is 111 cm³/mol. The van der Waals surface area contributed by atoms with E-state index in [-0.39, 0.29) is 18.2 Å². The van der Waals surface area contributed by atoms with Gasteiger partial charge < -0.3 is 19.5 Å². The molecule has 0 bridgehead atoms. The maximum Gasteiger partial charge on any atom is 0.170 e. The second-order valence-corrected chi connectivity index (χ2v) is 7.87. The first kappa shape index (κ1) is 18.4. The van der Waals surface area contributed by atoms with Gasteiger partial charge in [-0.3, -0.25) is 4.98 Å². The number of pyridine rings is 1. The lowest BCUT2D eigenvalue weighted by Gasteiger charge is -2.30. The molecule has 0 aliphatic carbocycles. The van der Waals surface area contributed by atoms with Crippen LogP contribution in [0.1, 0.15) is 54.5 Å². The summed E-state index contributed by atoms with van der Waals surface area (Å²) in [4.78, 5) is 6.96. The summed E-state index contributed by atoms with van der Waals surface area (Å²) in [6.45, 7) is 9.25. The fourth-order valence-electron chi connectivity index (χ4n) is 4.56. The molecule has 5 nitrogen and oxygen atoms in total. The predicted octanol–water partition coefficient (Wildman–Crippen LogP) is 3.67. The van der Waals surface area contributed by atoms with Crippen molar-refractivity contribution in [2.75, 3.05) is 13.2 Å². The standard InChI is InChI=1S/C21H28N4OS/c1-4-24-14(2)12-17(15(24)3)20-19(18-9-5-6-10-22-18)23-21(27)25(20)13-16-8-7-11-26-16/h5-6,9-10,12,16,19-20H,4,7-8,11,13H2,1-3H3,(H,23,27)/t16-,19-,20+/m0/s1. The van der Waals surface area contributed by atoms with Crippen LogP contribution in [0.15, 0.2) is 30.5 Å². The highest BCUT2D eigenvalue weighted by Gasteiger charge is 2.42. The summed E-state index contributed by atoms with van der Waals surface area (Å²) < 4.78 is 8.29. The number of aromatic nitrogens is 2. The number of aryl methyl sites for hydroxylation is 1. The summed E-state index contributed by atoms with van der Waals surface area (Å²) in [5.41, 5.74) is 4.96. The van der Waals surface area contributed by atoms with Crippen LogP contribution in [-0.4, -0.2) is 38.8 Å². The molecule has 0 saturated carbocycles. The highest BCUT2D eigenvalue weighted by molar-refractivity contribution is 7.80. The van der Waals surface area contributed by atoms with E-state index in [1.54, 1.807) is 0 Å². The van der Waals surface area contributed by atoms with Crippen molar-refractivity contribution >= 4 is 17.3 Å². The molecule has 4 rings (SSSR count). The smallest absolute Gasteiger partial charge is 0.170 e. The lowest BCUT2D eigenvalue weighted by Crippen LogP contribution is -2.36. The van der Waals surface area contributed by atoms with Crippen LogP contribution >= 0.6 is 12.2 Å². The molecule has 2 aliphatic heterocycles. The van der Waals surface area contributed by atoms with Crippen LogP contribution in [0.5, 0.6) is 0 Å². The van der Waals surface area contributed by atoms with Crippen LogP contribution in [0.2, 0.25) is 0 Å². The second-order valence-electron chi connectivity index (χ2n) is 7.48. The minimum atomic E-state index is 0.0471. The van der Waals surface area contributed by atoms with E-state index in [9.17, 15) is 0 Å². The number of hydrogen-bond donors (Lipinski definition) is 1. The van der Waals surface area contributed by atoms with Crippen LogP contribution in [0.25, 0.3) is 0 Å². The van der Waals surface area contributed by atoms with Gasteiger partial charge in [0.2, 0.25) is 0 Å². The Morgan fingerprint density at radius 1 is 1.33 bits per heavy atom. The summed E-state index contributed by atoms with van der Waals surface area (Å²) in [6.07, 6.45) is 4.35. The third-order valence-electron chi connectivity index (χ3n) is 5.87. The average Bonchev–Trinajstić information content (AvgIpc) is 3.36. The first-order valence-electron chi connectivity index (χ1n) is 9.86. The molecule has 1 N–H and O–H groups in total. The Morgan fingerprint density at radius 2 is 2.19 bits per heavy atom. The molecule has 0 aromatic carbocycles. The normalized spacial score (nSPS) is 25.2. The highest BCUT2D eigenvalue weighted by atomic mass is 32.1. The Bertz CT molecular complexity index is 813. The Morgan fingerprint density at radius 3 is 2.81 bits per heavy atom. The van der Waals surface area contributed by atoms with E-state index < -0.39 is 0 Å². The van der Waals surface area contributed by atoms with E-state index in [1.807, 2.05) is 18.3 Å². The molecule has 0 unspecified atom stereocenters. The fraction of sp³-hybridized carbons (Fsp3) is 0.524. The van der Waals surface area contributed by atoms with Crippen molar-refractivity contribution in [3.8, 4) is 0 Å². The quantitative estimate of drug-likeness (QED) is 0.797. The number of rotatable bonds is 5. The van der Waals surface area contributed by atoms with Crippen molar-refractivity contribution in [3.05, 3.63) is 53.1 Å². The van der Waals surface area contributed by atoms with E-state index in [2.05, 4.69) is 52.7 Å². The molecule has 4 heterocycles. The topological polar surface area (TPSA) is 42.3 Å². The van der Waals surface area contributed by atoms with E-state index >= 15 is 0 Å². The SMILES string of the molecule is CCn1c(C)cc([C@@H]2[C@H](c3ccccn3)NC(=S)N2C[C@@H]2CCCO2)c1C. The molecule has 6 heteroatoms. The second kappa shape index (κ2) is 7.60. The number of hydrogen-bond acceptors (Lipinski definition) is 3. The van der Waals surface area contributed by atoms with Crippen LogP contribution < -0.4 is 5.32 Å². The van der Waals surface area contributed by atoms with Gasteiger partial charge in [0.05, 0.1) is 23.9 Å². The van der Waals surface area contributed by atoms with Crippen molar-refractivity contribution in [2.45, 2.75) is 58.3 Å². The molecule has 2 aromatic heterocycles. The Labute approximate surface area is 166 Å². The van der Waals surface area contributed by atoms with Crippen molar-refractivity contribution < 1.29 is 4.74 Å². The number of ether oxygens (including phenoxy) is 1. The van der Waals surface area contributed by atoms with Crippen LogP contribution in [-0.2, 0) is 11.3 Å². The van der Waals surface area contributed by atoms with Crippen molar-refractivity contribution in [2.24, 2.45) is 0 Å². The van der Waals surface area contributed by atoms with Crippen molar-refractivity contribution in [1.82, 2.24) is 19.8 Å². The van der Waals surface area contributed by atoms with Crippen LogP contribution in [0.3, 0.4) is 0 Å². The molecule has 3 atom stereocenters. The van der Waals surface area contributed by atoms with Gasteiger partial charge >= 0.3 is 0 Å².